The summed E-state index contributed by atoms with van der Waals surface area (Å²) in [6.07, 6.45) is -0.810. The summed E-state index contributed by atoms with van der Waals surface area (Å²) in [4.78, 5) is 67.0. The van der Waals surface area contributed by atoms with E-state index in [1.807, 2.05) is 0 Å². The second-order valence-electron chi connectivity index (χ2n) is 12.0. The second-order valence-corrected chi connectivity index (χ2v) is 12.0. The molecule has 41 heavy (non-hydrogen) atoms. The van der Waals surface area contributed by atoms with Crippen LogP contribution in [0.3, 0.4) is 0 Å². The summed E-state index contributed by atoms with van der Waals surface area (Å²) in [6, 6.07) is 1.15. The molecule has 1 spiro atoms. The highest BCUT2D eigenvalue weighted by Gasteiger charge is 2.76. The lowest BCUT2D eigenvalue weighted by atomic mass is 9.73. The lowest BCUT2D eigenvalue weighted by molar-refractivity contribution is -0.169. The zero-order valence-electron chi connectivity index (χ0n) is 24.3. The van der Waals surface area contributed by atoms with Crippen LogP contribution in [0, 0.1) is 23.0 Å². The molecule has 2 atom stereocenters. The van der Waals surface area contributed by atoms with Gasteiger partial charge >= 0.3 is 24.0 Å². The first-order valence-electron chi connectivity index (χ1n) is 12.9. The first kappa shape index (κ1) is 31.9. The van der Waals surface area contributed by atoms with E-state index in [0.29, 0.717) is 12.1 Å². The van der Waals surface area contributed by atoms with Crippen LogP contribution in [0.25, 0.3) is 0 Å². The van der Waals surface area contributed by atoms with Crippen LogP contribution in [0.15, 0.2) is 12.1 Å². The number of hydrogen-bond acceptors (Lipinski definition) is 10. The van der Waals surface area contributed by atoms with Gasteiger partial charge in [0.1, 0.15) is 22.8 Å². The van der Waals surface area contributed by atoms with Gasteiger partial charge in [-0.2, -0.15) is 0 Å². The molecule has 2 fully saturated rings. The van der Waals surface area contributed by atoms with E-state index in [-0.39, 0.29) is 26.1 Å². The Hall–Kier alpha value is -3.61. The molecule has 2 aliphatic rings. The van der Waals surface area contributed by atoms with Crippen molar-refractivity contribution in [3.05, 3.63) is 34.9 Å². The van der Waals surface area contributed by atoms with E-state index in [1.54, 1.807) is 41.5 Å². The van der Waals surface area contributed by atoms with Crippen LogP contribution in [0.5, 0.6) is 0 Å². The quantitative estimate of drug-likeness (QED) is 0.212. The molecule has 1 aromatic rings. The predicted molar refractivity (Wildman–Crippen MR) is 137 cm³/mol. The van der Waals surface area contributed by atoms with Gasteiger partial charge in [0.25, 0.3) is 0 Å². The van der Waals surface area contributed by atoms with Gasteiger partial charge in [-0.25, -0.2) is 18.4 Å². The van der Waals surface area contributed by atoms with Crippen molar-refractivity contribution in [2.24, 2.45) is 11.3 Å². The maximum Gasteiger partial charge on any atom is 0.410 e. The minimum absolute atomic E-state index is 0.0321. The lowest BCUT2D eigenvalue weighted by Crippen LogP contribution is -2.56. The second kappa shape index (κ2) is 11.0. The smallest absolute Gasteiger partial charge is 0.410 e. The molecule has 1 amide bonds. The average molecular weight is 584 g/mol. The SMILES string of the molecule is COC(=O)C(C(=O)OC)(C(=O)c1c(F)cc(C(=O)OC(C)(C)C)cc1F)C1CC12CN(C(=O)OC(C)(C)C)CCO2. The van der Waals surface area contributed by atoms with Gasteiger partial charge in [0.2, 0.25) is 5.41 Å². The standard InChI is InChI=1S/C28H35F2NO10/c1-25(2,3)40-21(33)15-11-16(29)19(17(30)12-15)20(32)28(22(34)37-7,23(35)38-8)18-13-27(18)14-31(9-10-39-27)24(36)41-26(4,5)6/h11-12,18H,9-10,13-14H2,1-8H3. The molecule has 1 saturated carbocycles. The number of rotatable bonds is 6. The van der Waals surface area contributed by atoms with E-state index >= 15 is 8.78 Å². The Labute approximate surface area is 236 Å². The largest absolute Gasteiger partial charge is 0.468 e. The van der Waals surface area contributed by atoms with Crippen molar-refractivity contribution < 1.29 is 56.4 Å². The van der Waals surface area contributed by atoms with Crippen molar-refractivity contribution in [1.29, 1.82) is 0 Å². The number of nitrogens with zero attached hydrogens (tertiary/aromatic N) is 1. The van der Waals surface area contributed by atoms with Crippen LogP contribution in [-0.4, -0.2) is 85.4 Å². The van der Waals surface area contributed by atoms with Crippen LogP contribution in [0.2, 0.25) is 0 Å². The number of benzene rings is 1. The molecule has 1 saturated heterocycles. The van der Waals surface area contributed by atoms with E-state index < -0.39 is 80.7 Å². The number of carbonyl (C=O) groups excluding carboxylic acids is 5. The Morgan fingerprint density at radius 3 is 1.88 bits per heavy atom. The summed E-state index contributed by atoms with van der Waals surface area (Å²) in [5.41, 5.74) is -7.89. The molecule has 0 aromatic heterocycles. The molecule has 1 aliphatic carbocycles. The molecule has 3 rings (SSSR count). The fourth-order valence-corrected chi connectivity index (χ4v) is 4.93. The Kier molecular flexibility index (Phi) is 8.56. The summed E-state index contributed by atoms with van der Waals surface area (Å²) >= 11 is 0. The maximum atomic E-state index is 15.4. The number of ketones is 1. The zero-order chi connectivity index (χ0) is 31.1. The molecule has 1 aromatic carbocycles. The van der Waals surface area contributed by atoms with Crippen LogP contribution in [-0.2, 0) is 33.3 Å². The van der Waals surface area contributed by atoms with Gasteiger partial charge in [0.05, 0.1) is 44.1 Å². The molecule has 0 bridgehead atoms. The Morgan fingerprint density at radius 2 is 1.41 bits per heavy atom. The third kappa shape index (κ3) is 6.19. The Bertz CT molecular complexity index is 1230. The summed E-state index contributed by atoms with van der Waals surface area (Å²) in [6.45, 7) is 9.60. The number of Topliss-reactive ketones (excluding diaryl/α,β-unsaturated/α-hetero) is 1. The predicted octanol–water partition coefficient (Wildman–Crippen LogP) is 3.46. The van der Waals surface area contributed by atoms with E-state index in [0.717, 1.165) is 14.2 Å². The van der Waals surface area contributed by atoms with Gasteiger partial charge in [-0.1, -0.05) is 0 Å². The molecule has 0 N–H and O–H groups in total. The van der Waals surface area contributed by atoms with Crippen molar-refractivity contribution in [2.45, 2.75) is 64.8 Å². The number of hydrogen-bond donors (Lipinski definition) is 0. The highest BCUT2D eigenvalue weighted by atomic mass is 19.1. The maximum absolute atomic E-state index is 15.4. The zero-order valence-corrected chi connectivity index (χ0v) is 24.3. The molecule has 2 unspecified atom stereocenters. The van der Waals surface area contributed by atoms with Crippen LogP contribution >= 0.6 is 0 Å². The van der Waals surface area contributed by atoms with Gasteiger partial charge in [-0.05, 0) is 60.1 Å². The highest BCUT2D eigenvalue weighted by Crippen LogP contribution is 2.60. The van der Waals surface area contributed by atoms with Gasteiger partial charge < -0.3 is 28.6 Å². The summed E-state index contributed by atoms with van der Waals surface area (Å²) in [5, 5.41) is 0. The van der Waals surface area contributed by atoms with Gasteiger partial charge in [0.15, 0.2) is 5.78 Å². The normalized spacial score (nSPS) is 20.7. The van der Waals surface area contributed by atoms with Gasteiger partial charge in [-0.15, -0.1) is 0 Å². The molecule has 1 aliphatic heterocycles. The molecule has 13 heteroatoms. The van der Waals surface area contributed by atoms with E-state index in [9.17, 15) is 24.0 Å². The number of esters is 3. The first-order chi connectivity index (χ1) is 18.8. The van der Waals surface area contributed by atoms with E-state index in [4.69, 9.17) is 23.7 Å². The van der Waals surface area contributed by atoms with Crippen molar-refractivity contribution in [1.82, 2.24) is 4.90 Å². The number of methoxy groups -OCH3 is 2. The fourth-order valence-electron chi connectivity index (χ4n) is 4.93. The lowest BCUT2D eigenvalue weighted by Gasteiger charge is -2.37. The molecule has 0 radical (unpaired) electrons. The number of ether oxygens (including phenoxy) is 5. The van der Waals surface area contributed by atoms with E-state index in [1.165, 1.54) is 4.90 Å². The third-order valence-electron chi connectivity index (χ3n) is 6.68. The first-order valence-corrected chi connectivity index (χ1v) is 12.9. The molecule has 1 heterocycles. The van der Waals surface area contributed by atoms with Crippen molar-refractivity contribution in [3.63, 3.8) is 0 Å². The average Bonchev–Trinajstić information content (AvgIpc) is 3.53. The molecular formula is C28H35F2NO10. The summed E-state index contributed by atoms with van der Waals surface area (Å²) < 4.78 is 56.8. The van der Waals surface area contributed by atoms with E-state index in [2.05, 4.69) is 0 Å². The summed E-state index contributed by atoms with van der Waals surface area (Å²) in [7, 11) is 1.80. The van der Waals surface area contributed by atoms with Gasteiger partial charge in [0, 0.05) is 12.5 Å². The van der Waals surface area contributed by atoms with Gasteiger partial charge in [-0.3, -0.25) is 14.4 Å². The van der Waals surface area contributed by atoms with Crippen LogP contribution < -0.4 is 0 Å². The van der Waals surface area contributed by atoms with Crippen molar-refractivity contribution >= 4 is 29.8 Å². The third-order valence-corrected chi connectivity index (χ3v) is 6.68. The van der Waals surface area contributed by atoms with Crippen molar-refractivity contribution in [2.75, 3.05) is 33.9 Å². The minimum atomic E-state index is -2.89. The number of halogens is 2. The Balaban J connectivity index is 2.07. The summed E-state index contributed by atoms with van der Waals surface area (Å²) in [5.74, 6) is -9.84. The Morgan fingerprint density at radius 1 is 0.902 bits per heavy atom. The topological polar surface area (TPSA) is 135 Å². The van der Waals surface area contributed by atoms with Crippen LogP contribution in [0.4, 0.5) is 13.6 Å². The van der Waals surface area contributed by atoms with Crippen molar-refractivity contribution in [3.8, 4) is 0 Å². The molecule has 11 nitrogen and oxygen atoms in total. The highest BCUT2D eigenvalue weighted by molar-refractivity contribution is 6.26. The molecule has 226 valence electrons. The fraction of sp³-hybridized carbons (Fsp3) is 0.607. The minimum Gasteiger partial charge on any atom is -0.468 e. The number of carbonyl (C=O) groups is 5. The number of amides is 1. The monoisotopic (exact) mass is 583 g/mol. The molecular weight excluding hydrogens is 548 g/mol. The number of morpholine rings is 1. The van der Waals surface area contributed by atoms with Crippen LogP contribution in [0.1, 0.15) is 68.7 Å².